The molecule has 198 valence electrons. The average molecular weight is 491 g/mol. The Labute approximate surface area is 211 Å². The van der Waals surface area contributed by atoms with Crippen molar-refractivity contribution >= 4 is 0 Å². The van der Waals surface area contributed by atoms with Gasteiger partial charge in [0.15, 0.2) is 0 Å². The van der Waals surface area contributed by atoms with E-state index in [2.05, 4.69) is 19.1 Å². The highest BCUT2D eigenvalue weighted by atomic mass is 16.7. The van der Waals surface area contributed by atoms with Crippen LogP contribution in [0.4, 0.5) is 0 Å². The van der Waals surface area contributed by atoms with E-state index in [1.165, 1.54) is 5.57 Å². The van der Waals surface area contributed by atoms with Gasteiger partial charge in [-0.25, -0.2) is 0 Å². The summed E-state index contributed by atoms with van der Waals surface area (Å²) < 4.78 is 22.4. The first kappa shape index (κ1) is 28.3. The van der Waals surface area contributed by atoms with Crippen molar-refractivity contribution in [2.75, 3.05) is 40.3 Å². The molecule has 4 atom stereocenters. The van der Waals surface area contributed by atoms with Crippen LogP contribution in [-0.2, 0) is 25.6 Å². The highest BCUT2D eigenvalue weighted by molar-refractivity contribution is 5.30. The SMILES string of the molecule is COCCOCOCC1=C(C)CC[C@@](O)([C@@H](O)[C@@H]2CCCC[C@H]2COCc2ccccc2)C1(C)C. The molecule has 3 rings (SSSR count). The van der Waals surface area contributed by atoms with Gasteiger partial charge in [-0.2, -0.15) is 0 Å². The number of hydrogen-bond acceptors (Lipinski definition) is 6. The molecule has 0 spiro atoms. The molecule has 35 heavy (non-hydrogen) atoms. The molecule has 2 aliphatic rings. The number of methoxy groups -OCH3 is 1. The minimum Gasteiger partial charge on any atom is -0.390 e. The van der Waals surface area contributed by atoms with Crippen LogP contribution in [0.25, 0.3) is 0 Å². The van der Waals surface area contributed by atoms with Gasteiger partial charge >= 0.3 is 0 Å². The Hall–Kier alpha value is -1.28. The van der Waals surface area contributed by atoms with Crippen molar-refractivity contribution in [1.82, 2.24) is 0 Å². The summed E-state index contributed by atoms with van der Waals surface area (Å²) in [5, 5.41) is 23.8. The fourth-order valence-electron chi connectivity index (χ4n) is 5.98. The van der Waals surface area contributed by atoms with Crippen LogP contribution in [0.15, 0.2) is 41.5 Å². The second-order valence-electron chi connectivity index (χ2n) is 10.8. The zero-order valence-electron chi connectivity index (χ0n) is 22.1. The molecule has 0 radical (unpaired) electrons. The standard InChI is InChI=1S/C29H46O6/c1-22-14-15-29(31,28(2,3)26(22)20-35-21-33-17-16-32-4)27(30)25-13-9-8-12-24(25)19-34-18-23-10-6-5-7-11-23/h5-7,10-11,24-25,27,30-31H,8-9,12-21H2,1-4H3/t24-,25+,27-,29+/m0/s1. The van der Waals surface area contributed by atoms with E-state index < -0.39 is 17.1 Å². The van der Waals surface area contributed by atoms with E-state index in [0.29, 0.717) is 39.5 Å². The van der Waals surface area contributed by atoms with Crippen LogP contribution in [0.2, 0.25) is 0 Å². The Morgan fingerprint density at radius 1 is 1.00 bits per heavy atom. The van der Waals surface area contributed by atoms with Gasteiger partial charge in [0.05, 0.1) is 44.7 Å². The number of aliphatic hydroxyl groups excluding tert-OH is 1. The molecule has 2 aliphatic carbocycles. The highest BCUT2D eigenvalue weighted by Gasteiger charge is 2.55. The van der Waals surface area contributed by atoms with Crippen molar-refractivity contribution in [3.05, 3.63) is 47.0 Å². The summed E-state index contributed by atoms with van der Waals surface area (Å²) in [6.07, 6.45) is 4.65. The lowest BCUT2D eigenvalue weighted by Gasteiger charge is -2.53. The lowest BCUT2D eigenvalue weighted by atomic mass is 9.57. The lowest BCUT2D eigenvalue weighted by molar-refractivity contribution is -0.180. The fraction of sp³-hybridized carbons (Fsp3) is 0.724. The van der Waals surface area contributed by atoms with E-state index in [1.807, 2.05) is 32.0 Å². The zero-order valence-corrected chi connectivity index (χ0v) is 22.1. The quantitative estimate of drug-likeness (QED) is 0.233. The van der Waals surface area contributed by atoms with Crippen molar-refractivity contribution in [2.24, 2.45) is 17.3 Å². The van der Waals surface area contributed by atoms with E-state index in [0.717, 1.165) is 43.2 Å². The number of rotatable bonds is 13. The minimum atomic E-state index is -1.22. The Morgan fingerprint density at radius 3 is 2.49 bits per heavy atom. The molecular weight excluding hydrogens is 444 g/mol. The maximum Gasteiger partial charge on any atom is 0.147 e. The highest BCUT2D eigenvalue weighted by Crippen LogP contribution is 2.52. The van der Waals surface area contributed by atoms with Crippen molar-refractivity contribution in [3.8, 4) is 0 Å². The smallest absolute Gasteiger partial charge is 0.147 e. The Balaban J connectivity index is 1.65. The van der Waals surface area contributed by atoms with Crippen molar-refractivity contribution in [3.63, 3.8) is 0 Å². The number of benzene rings is 1. The minimum absolute atomic E-state index is 0.0155. The van der Waals surface area contributed by atoms with Crippen molar-refractivity contribution in [1.29, 1.82) is 0 Å². The van der Waals surface area contributed by atoms with E-state index in [1.54, 1.807) is 7.11 Å². The molecule has 0 amide bonds. The van der Waals surface area contributed by atoms with Crippen LogP contribution in [0.5, 0.6) is 0 Å². The maximum atomic E-state index is 12.1. The molecule has 1 saturated carbocycles. The van der Waals surface area contributed by atoms with Crippen LogP contribution in [0.3, 0.4) is 0 Å². The maximum absolute atomic E-state index is 12.1. The molecule has 0 aliphatic heterocycles. The average Bonchev–Trinajstić information content (AvgIpc) is 2.86. The van der Waals surface area contributed by atoms with Gasteiger partial charge in [0.2, 0.25) is 0 Å². The second kappa shape index (κ2) is 13.3. The van der Waals surface area contributed by atoms with Gasteiger partial charge in [-0.15, -0.1) is 0 Å². The second-order valence-corrected chi connectivity index (χ2v) is 10.8. The van der Waals surface area contributed by atoms with Gasteiger partial charge in [-0.05, 0) is 55.6 Å². The summed E-state index contributed by atoms with van der Waals surface area (Å²) >= 11 is 0. The Kier molecular flexibility index (Phi) is 10.8. The van der Waals surface area contributed by atoms with Gasteiger partial charge in [-0.3, -0.25) is 0 Å². The number of allylic oxidation sites excluding steroid dienone is 1. The molecule has 0 bridgehead atoms. The van der Waals surface area contributed by atoms with Crippen LogP contribution in [0, 0.1) is 17.3 Å². The van der Waals surface area contributed by atoms with Crippen LogP contribution in [0.1, 0.15) is 64.9 Å². The third kappa shape index (κ3) is 6.94. The molecule has 0 aromatic heterocycles. The summed E-state index contributed by atoms with van der Waals surface area (Å²) in [7, 11) is 1.64. The molecule has 6 nitrogen and oxygen atoms in total. The van der Waals surface area contributed by atoms with Gasteiger partial charge in [0, 0.05) is 12.5 Å². The van der Waals surface area contributed by atoms with Crippen LogP contribution >= 0.6 is 0 Å². The summed E-state index contributed by atoms with van der Waals surface area (Å²) in [4.78, 5) is 0. The normalized spacial score (nSPS) is 27.7. The lowest BCUT2D eigenvalue weighted by Crippen LogP contribution is -2.60. The van der Waals surface area contributed by atoms with E-state index >= 15 is 0 Å². The first-order valence-corrected chi connectivity index (χ1v) is 13.2. The molecule has 2 N–H and O–H groups in total. The third-order valence-electron chi connectivity index (χ3n) is 8.38. The summed E-state index contributed by atoms with van der Waals surface area (Å²) in [6.45, 7) is 8.97. The molecule has 1 aromatic rings. The van der Waals surface area contributed by atoms with Gasteiger partial charge < -0.3 is 29.2 Å². The molecule has 0 unspecified atom stereocenters. The van der Waals surface area contributed by atoms with Gasteiger partial charge in [0.25, 0.3) is 0 Å². The number of aliphatic hydroxyl groups is 2. The molecule has 6 heteroatoms. The van der Waals surface area contributed by atoms with E-state index in [-0.39, 0.29) is 18.6 Å². The molecule has 1 fully saturated rings. The zero-order chi connectivity index (χ0) is 25.3. The first-order valence-electron chi connectivity index (χ1n) is 13.2. The number of ether oxygens (including phenoxy) is 4. The van der Waals surface area contributed by atoms with Gasteiger partial charge in [0.1, 0.15) is 6.79 Å². The third-order valence-corrected chi connectivity index (χ3v) is 8.38. The predicted molar refractivity (Wildman–Crippen MR) is 137 cm³/mol. The molecular formula is C29H46O6. The molecule has 0 heterocycles. The van der Waals surface area contributed by atoms with Crippen molar-refractivity contribution < 1.29 is 29.2 Å². The van der Waals surface area contributed by atoms with E-state index in [9.17, 15) is 10.2 Å². The van der Waals surface area contributed by atoms with E-state index in [4.69, 9.17) is 18.9 Å². The number of hydrogen-bond donors (Lipinski definition) is 2. The van der Waals surface area contributed by atoms with Crippen molar-refractivity contribution in [2.45, 2.75) is 77.6 Å². The first-order chi connectivity index (χ1) is 16.8. The van der Waals surface area contributed by atoms with Crippen LogP contribution in [-0.4, -0.2) is 62.2 Å². The summed E-state index contributed by atoms with van der Waals surface area (Å²) in [5.41, 5.74) is 1.61. The van der Waals surface area contributed by atoms with Crippen LogP contribution < -0.4 is 0 Å². The Bertz CT molecular complexity index is 792. The molecule has 0 saturated heterocycles. The largest absolute Gasteiger partial charge is 0.390 e. The molecule has 1 aromatic carbocycles. The Morgan fingerprint density at radius 2 is 1.74 bits per heavy atom. The summed E-state index contributed by atoms with van der Waals surface area (Å²) in [6, 6.07) is 10.2. The van der Waals surface area contributed by atoms with Gasteiger partial charge in [-0.1, -0.05) is 62.6 Å². The predicted octanol–water partition coefficient (Wildman–Crippen LogP) is 4.88. The topological polar surface area (TPSA) is 77.4 Å². The summed E-state index contributed by atoms with van der Waals surface area (Å²) in [5.74, 6) is 0.255. The fourth-order valence-corrected chi connectivity index (χ4v) is 5.98. The monoisotopic (exact) mass is 490 g/mol.